The van der Waals surface area contributed by atoms with Crippen LogP contribution in [0.25, 0.3) is 6.08 Å². The Morgan fingerprint density at radius 3 is 2.44 bits per heavy atom. The summed E-state index contributed by atoms with van der Waals surface area (Å²) in [6.45, 7) is 2.04. The first kappa shape index (κ1) is 21.2. The van der Waals surface area contributed by atoms with E-state index in [1.807, 2.05) is 24.3 Å². The lowest BCUT2D eigenvalue weighted by atomic mass is 9.89. The van der Waals surface area contributed by atoms with Crippen LogP contribution in [0.4, 0.5) is 0 Å². The third-order valence-electron chi connectivity index (χ3n) is 5.16. The van der Waals surface area contributed by atoms with Gasteiger partial charge in [-0.3, -0.25) is 4.79 Å². The molecule has 0 radical (unpaired) electrons. The average Bonchev–Trinajstić information content (AvgIpc) is 2.82. The van der Waals surface area contributed by atoms with Gasteiger partial charge in [-0.1, -0.05) is 24.3 Å². The predicted octanol–water partition coefficient (Wildman–Crippen LogP) is 4.98. The number of ether oxygens (including phenoxy) is 3. The topological polar surface area (TPSA) is 82.1 Å². The first-order valence-corrected chi connectivity index (χ1v) is 10.2. The Balaban J connectivity index is 1.76. The SMILES string of the molecule is CCOC(=O)c1ccc(C2Oc3ccc(O)cc3C(=O)C2=Cc2ccc(OC)cc2)cc1. The molecule has 1 atom stereocenters. The number of methoxy groups -OCH3 is 1. The molecule has 0 bridgehead atoms. The molecule has 1 N–H and O–H groups in total. The molecule has 0 aliphatic carbocycles. The zero-order valence-corrected chi connectivity index (χ0v) is 17.7. The largest absolute Gasteiger partial charge is 0.508 e. The number of Topliss-reactive ketones (excluding diaryl/α,β-unsaturated/α-hetero) is 1. The summed E-state index contributed by atoms with van der Waals surface area (Å²) in [7, 11) is 1.59. The van der Waals surface area contributed by atoms with Gasteiger partial charge in [-0.2, -0.15) is 0 Å². The zero-order chi connectivity index (χ0) is 22.7. The second kappa shape index (κ2) is 8.98. The lowest BCUT2D eigenvalue weighted by Crippen LogP contribution is -2.24. The average molecular weight is 430 g/mol. The number of fused-ring (bicyclic) bond motifs is 1. The van der Waals surface area contributed by atoms with Gasteiger partial charge in [-0.25, -0.2) is 4.79 Å². The van der Waals surface area contributed by atoms with Gasteiger partial charge in [0.2, 0.25) is 0 Å². The van der Waals surface area contributed by atoms with Crippen molar-refractivity contribution in [1.82, 2.24) is 0 Å². The number of rotatable bonds is 5. The second-order valence-electron chi connectivity index (χ2n) is 7.22. The molecule has 1 aliphatic heterocycles. The minimum absolute atomic E-state index is 0.0123. The Labute approximate surface area is 185 Å². The van der Waals surface area contributed by atoms with Gasteiger partial charge in [-0.05, 0) is 66.6 Å². The molecule has 0 amide bonds. The molecular formula is C26H22O6. The number of hydrogen-bond donors (Lipinski definition) is 1. The molecule has 32 heavy (non-hydrogen) atoms. The monoisotopic (exact) mass is 430 g/mol. The Kier molecular flexibility index (Phi) is 5.94. The van der Waals surface area contributed by atoms with Gasteiger partial charge in [0.1, 0.15) is 17.2 Å². The van der Waals surface area contributed by atoms with E-state index in [-0.39, 0.29) is 11.5 Å². The molecule has 1 heterocycles. The van der Waals surface area contributed by atoms with Crippen molar-refractivity contribution < 1.29 is 28.9 Å². The Bertz CT molecular complexity index is 1180. The van der Waals surface area contributed by atoms with Gasteiger partial charge in [0.15, 0.2) is 11.9 Å². The summed E-state index contributed by atoms with van der Waals surface area (Å²) in [6, 6.07) is 18.6. The highest BCUT2D eigenvalue weighted by Crippen LogP contribution is 2.40. The smallest absolute Gasteiger partial charge is 0.338 e. The molecule has 3 aromatic carbocycles. The van der Waals surface area contributed by atoms with Crippen LogP contribution in [-0.4, -0.2) is 30.6 Å². The van der Waals surface area contributed by atoms with Crippen molar-refractivity contribution in [2.45, 2.75) is 13.0 Å². The molecule has 6 heteroatoms. The van der Waals surface area contributed by atoms with Gasteiger partial charge < -0.3 is 19.3 Å². The normalized spacial score (nSPS) is 16.2. The summed E-state index contributed by atoms with van der Waals surface area (Å²) in [5.74, 6) is 0.438. The highest BCUT2D eigenvalue weighted by Gasteiger charge is 2.33. The maximum atomic E-state index is 13.4. The van der Waals surface area contributed by atoms with Crippen LogP contribution < -0.4 is 9.47 Å². The number of ketones is 1. The minimum atomic E-state index is -0.683. The van der Waals surface area contributed by atoms with Crippen LogP contribution in [0.3, 0.4) is 0 Å². The number of benzene rings is 3. The Morgan fingerprint density at radius 2 is 1.78 bits per heavy atom. The van der Waals surface area contributed by atoms with Crippen molar-refractivity contribution in [3.63, 3.8) is 0 Å². The maximum absolute atomic E-state index is 13.4. The van der Waals surface area contributed by atoms with Crippen molar-refractivity contribution in [1.29, 1.82) is 0 Å². The van der Waals surface area contributed by atoms with Crippen LogP contribution in [0.5, 0.6) is 17.2 Å². The fourth-order valence-corrected chi connectivity index (χ4v) is 3.54. The maximum Gasteiger partial charge on any atom is 0.338 e. The van der Waals surface area contributed by atoms with E-state index < -0.39 is 12.1 Å². The highest BCUT2D eigenvalue weighted by molar-refractivity contribution is 6.14. The van der Waals surface area contributed by atoms with E-state index in [0.717, 1.165) is 5.56 Å². The van der Waals surface area contributed by atoms with E-state index in [4.69, 9.17) is 14.2 Å². The molecule has 162 valence electrons. The first-order chi connectivity index (χ1) is 15.5. The van der Waals surface area contributed by atoms with Crippen molar-refractivity contribution in [3.05, 3.63) is 94.6 Å². The lowest BCUT2D eigenvalue weighted by molar-refractivity contribution is 0.0526. The van der Waals surface area contributed by atoms with Crippen molar-refractivity contribution >= 4 is 17.8 Å². The molecular weight excluding hydrogens is 408 g/mol. The first-order valence-electron chi connectivity index (χ1n) is 10.2. The number of esters is 1. The standard InChI is InChI=1S/C26H22O6/c1-3-31-26(29)18-8-6-17(7-9-18)25-22(14-16-4-11-20(30-2)12-5-16)24(28)21-15-19(27)10-13-23(21)32-25/h4-15,25,27H,3H2,1-2H3. The molecule has 0 spiro atoms. The van der Waals surface area contributed by atoms with Crippen LogP contribution in [0.1, 0.15) is 44.9 Å². The molecule has 1 unspecified atom stereocenters. The molecule has 1 aliphatic rings. The third-order valence-corrected chi connectivity index (χ3v) is 5.16. The fourth-order valence-electron chi connectivity index (χ4n) is 3.54. The molecule has 6 nitrogen and oxygen atoms in total. The van der Waals surface area contributed by atoms with Gasteiger partial charge >= 0.3 is 5.97 Å². The summed E-state index contributed by atoms with van der Waals surface area (Å²) in [5, 5.41) is 9.86. The Morgan fingerprint density at radius 1 is 1.06 bits per heavy atom. The van der Waals surface area contributed by atoms with E-state index in [1.54, 1.807) is 50.4 Å². The number of phenols is 1. The molecule has 3 aromatic rings. The van der Waals surface area contributed by atoms with E-state index in [0.29, 0.717) is 40.4 Å². The van der Waals surface area contributed by atoms with E-state index in [2.05, 4.69) is 0 Å². The molecule has 0 saturated heterocycles. The number of hydrogen-bond acceptors (Lipinski definition) is 6. The summed E-state index contributed by atoms with van der Waals surface area (Å²) in [5.41, 5.74) is 2.64. The van der Waals surface area contributed by atoms with Gasteiger partial charge in [-0.15, -0.1) is 0 Å². The summed E-state index contributed by atoms with van der Waals surface area (Å²) < 4.78 is 16.4. The highest BCUT2D eigenvalue weighted by atomic mass is 16.5. The lowest BCUT2D eigenvalue weighted by Gasteiger charge is -2.28. The quantitative estimate of drug-likeness (QED) is 0.454. The number of carbonyl (C=O) groups is 2. The molecule has 0 fully saturated rings. The summed E-state index contributed by atoms with van der Waals surface area (Å²) in [6.07, 6.45) is 1.08. The van der Waals surface area contributed by atoms with Crippen LogP contribution in [0.2, 0.25) is 0 Å². The number of carbonyl (C=O) groups excluding carboxylic acids is 2. The number of aromatic hydroxyl groups is 1. The van der Waals surface area contributed by atoms with Gasteiger partial charge in [0, 0.05) is 5.57 Å². The Hall–Kier alpha value is -4.06. The predicted molar refractivity (Wildman–Crippen MR) is 119 cm³/mol. The third kappa shape index (κ3) is 4.21. The van der Waals surface area contributed by atoms with Crippen molar-refractivity contribution in [2.24, 2.45) is 0 Å². The van der Waals surface area contributed by atoms with Crippen molar-refractivity contribution in [3.8, 4) is 17.2 Å². The van der Waals surface area contributed by atoms with Gasteiger partial charge in [0.05, 0.1) is 24.8 Å². The van der Waals surface area contributed by atoms with E-state index in [1.165, 1.54) is 12.1 Å². The molecule has 0 saturated carbocycles. The van der Waals surface area contributed by atoms with Crippen molar-refractivity contribution in [2.75, 3.05) is 13.7 Å². The zero-order valence-electron chi connectivity index (χ0n) is 17.7. The van der Waals surface area contributed by atoms with Crippen LogP contribution in [-0.2, 0) is 4.74 Å². The second-order valence-corrected chi connectivity index (χ2v) is 7.22. The fraction of sp³-hybridized carbons (Fsp3) is 0.154. The minimum Gasteiger partial charge on any atom is -0.508 e. The summed E-state index contributed by atoms with van der Waals surface area (Å²) >= 11 is 0. The van der Waals surface area contributed by atoms with Crippen LogP contribution >= 0.6 is 0 Å². The summed E-state index contributed by atoms with van der Waals surface area (Å²) in [4.78, 5) is 25.4. The van der Waals surface area contributed by atoms with Crippen LogP contribution in [0.15, 0.2) is 72.3 Å². The van der Waals surface area contributed by atoms with E-state index >= 15 is 0 Å². The molecule has 4 rings (SSSR count). The van der Waals surface area contributed by atoms with Crippen LogP contribution in [0, 0.1) is 0 Å². The van der Waals surface area contributed by atoms with E-state index in [9.17, 15) is 14.7 Å². The van der Waals surface area contributed by atoms with Gasteiger partial charge in [0.25, 0.3) is 0 Å². The number of phenolic OH excluding ortho intramolecular Hbond substituents is 1. The molecule has 0 aromatic heterocycles.